The smallest absolute Gasteiger partial charge is 0.271 e. The van der Waals surface area contributed by atoms with Gasteiger partial charge in [0.05, 0.1) is 13.3 Å². The van der Waals surface area contributed by atoms with E-state index in [-0.39, 0.29) is 17.4 Å². The molecular weight excluding hydrogens is 272 g/mol. The minimum absolute atomic E-state index is 0.0491. The molecule has 0 aliphatic carbocycles. The van der Waals surface area contributed by atoms with Crippen LogP contribution in [-0.2, 0) is 0 Å². The Kier molecular flexibility index (Phi) is 4.40. The molecule has 0 atom stereocenters. The summed E-state index contributed by atoms with van der Waals surface area (Å²) in [5, 5.41) is 22.5. The summed E-state index contributed by atoms with van der Waals surface area (Å²) in [4.78, 5) is 11.8. The van der Waals surface area contributed by atoms with Gasteiger partial charge in [-0.1, -0.05) is 0 Å². The van der Waals surface area contributed by atoms with Crippen molar-refractivity contribution in [3.05, 3.63) is 53.6 Å². The highest BCUT2D eigenvalue weighted by Gasteiger charge is 2.04. The fourth-order valence-corrected chi connectivity index (χ4v) is 1.61. The Morgan fingerprint density at radius 3 is 2.52 bits per heavy atom. The average Bonchev–Trinajstić information content (AvgIpc) is 2.49. The first-order valence-electron chi connectivity index (χ1n) is 6.09. The number of rotatable bonds is 4. The van der Waals surface area contributed by atoms with Crippen LogP contribution in [0.4, 0.5) is 0 Å². The first kappa shape index (κ1) is 14.4. The van der Waals surface area contributed by atoms with Crippen LogP contribution >= 0.6 is 0 Å². The van der Waals surface area contributed by atoms with E-state index in [1.807, 2.05) is 0 Å². The molecule has 0 radical (unpaired) electrons. The predicted molar refractivity (Wildman–Crippen MR) is 77.8 cm³/mol. The first-order chi connectivity index (χ1) is 10.1. The molecular formula is C15H14N2O4. The van der Waals surface area contributed by atoms with Gasteiger partial charge >= 0.3 is 0 Å². The lowest BCUT2D eigenvalue weighted by Crippen LogP contribution is -2.17. The fourth-order valence-electron chi connectivity index (χ4n) is 1.61. The van der Waals surface area contributed by atoms with E-state index in [0.717, 1.165) is 0 Å². The van der Waals surface area contributed by atoms with Gasteiger partial charge in [0.15, 0.2) is 0 Å². The Balaban J connectivity index is 2.01. The second-order valence-electron chi connectivity index (χ2n) is 4.17. The topological polar surface area (TPSA) is 91.2 Å². The number of amides is 1. The number of hydrazone groups is 1. The number of aromatic hydroxyl groups is 2. The number of hydrogen-bond acceptors (Lipinski definition) is 5. The molecule has 0 heterocycles. The van der Waals surface area contributed by atoms with Crippen LogP contribution in [0.1, 0.15) is 15.9 Å². The van der Waals surface area contributed by atoms with Gasteiger partial charge in [-0.3, -0.25) is 4.79 Å². The molecule has 1 amide bonds. The SMILES string of the molecule is COc1ccc(C(=O)NN=Cc2ccc(O)cc2O)cc1. The number of methoxy groups -OCH3 is 1. The van der Waals surface area contributed by atoms with Gasteiger partial charge in [-0.15, -0.1) is 0 Å². The summed E-state index contributed by atoms with van der Waals surface area (Å²) in [5.41, 5.74) is 3.15. The maximum Gasteiger partial charge on any atom is 0.271 e. The maximum absolute atomic E-state index is 11.8. The molecule has 0 aromatic heterocycles. The quantitative estimate of drug-likeness (QED) is 0.591. The fraction of sp³-hybridized carbons (Fsp3) is 0.0667. The van der Waals surface area contributed by atoms with Crippen LogP contribution in [0.2, 0.25) is 0 Å². The highest BCUT2D eigenvalue weighted by atomic mass is 16.5. The maximum atomic E-state index is 11.8. The molecule has 0 fully saturated rings. The van der Waals surface area contributed by atoms with Gasteiger partial charge in [-0.05, 0) is 36.4 Å². The molecule has 0 spiro atoms. The van der Waals surface area contributed by atoms with Crippen molar-refractivity contribution in [2.45, 2.75) is 0 Å². The number of benzene rings is 2. The molecule has 3 N–H and O–H groups in total. The van der Waals surface area contributed by atoms with Crippen molar-refractivity contribution < 1.29 is 19.7 Å². The van der Waals surface area contributed by atoms with Crippen LogP contribution in [0.3, 0.4) is 0 Å². The van der Waals surface area contributed by atoms with E-state index in [1.54, 1.807) is 31.4 Å². The third-order valence-electron chi connectivity index (χ3n) is 2.74. The lowest BCUT2D eigenvalue weighted by Gasteiger charge is -2.02. The third kappa shape index (κ3) is 3.73. The normalized spacial score (nSPS) is 10.5. The molecule has 108 valence electrons. The first-order valence-corrected chi connectivity index (χ1v) is 6.09. The van der Waals surface area contributed by atoms with Crippen molar-refractivity contribution in [3.63, 3.8) is 0 Å². The van der Waals surface area contributed by atoms with Gasteiger partial charge in [-0.25, -0.2) is 5.43 Å². The molecule has 6 nitrogen and oxygen atoms in total. The molecule has 0 saturated heterocycles. The lowest BCUT2D eigenvalue weighted by molar-refractivity contribution is 0.0955. The van der Waals surface area contributed by atoms with Crippen LogP contribution in [0.25, 0.3) is 0 Å². The molecule has 2 aromatic rings. The number of phenolic OH excluding ortho intramolecular Hbond substituents is 2. The number of hydrogen-bond donors (Lipinski definition) is 3. The summed E-state index contributed by atoms with van der Waals surface area (Å²) in [5.74, 6) is 0.0978. The van der Waals surface area contributed by atoms with E-state index in [4.69, 9.17) is 9.84 Å². The van der Waals surface area contributed by atoms with Gasteiger partial charge in [0.25, 0.3) is 5.91 Å². The van der Waals surface area contributed by atoms with Gasteiger partial charge in [0, 0.05) is 17.2 Å². The van der Waals surface area contributed by atoms with Crippen molar-refractivity contribution in [2.24, 2.45) is 5.10 Å². The van der Waals surface area contributed by atoms with Crippen molar-refractivity contribution in [1.29, 1.82) is 0 Å². The number of ether oxygens (including phenoxy) is 1. The summed E-state index contributed by atoms with van der Waals surface area (Å²) >= 11 is 0. The van der Waals surface area contributed by atoms with E-state index in [0.29, 0.717) is 16.9 Å². The number of carbonyl (C=O) groups is 1. The van der Waals surface area contributed by atoms with E-state index >= 15 is 0 Å². The van der Waals surface area contributed by atoms with Crippen LogP contribution in [0.15, 0.2) is 47.6 Å². The number of nitrogens with zero attached hydrogens (tertiary/aromatic N) is 1. The lowest BCUT2D eigenvalue weighted by atomic mass is 10.2. The molecule has 2 aromatic carbocycles. The number of phenols is 2. The Morgan fingerprint density at radius 2 is 1.90 bits per heavy atom. The van der Waals surface area contributed by atoms with Crippen LogP contribution in [0.5, 0.6) is 17.2 Å². The summed E-state index contributed by atoms with van der Waals surface area (Å²) in [6.07, 6.45) is 1.29. The number of nitrogens with one attached hydrogen (secondary N) is 1. The summed E-state index contributed by atoms with van der Waals surface area (Å²) < 4.78 is 5.00. The second kappa shape index (κ2) is 6.42. The highest BCUT2D eigenvalue weighted by molar-refractivity contribution is 5.95. The predicted octanol–water partition coefficient (Wildman–Crippen LogP) is 1.87. The van der Waals surface area contributed by atoms with Gasteiger partial charge in [0.1, 0.15) is 17.2 Å². The minimum Gasteiger partial charge on any atom is -0.508 e. The molecule has 0 unspecified atom stereocenters. The standard InChI is InChI=1S/C15H14N2O4/c1-21-13-6-3-10(4-7-13)15(20)17-16-9-11-2-5-12(18)8-14(11)19/h2-9,18-19H,1H3,(H,17,20). The van der Waals surface area contributed by atoms with Crippen molar-refractivity contribution in [1.82, 2.24) is 5.43 Å². The van der Waals surface area contributed by atoms with E-state index in [9.17, 15) is 9.90 Å². The molecule has 6 heteroatoms. The van der Waals surface area contributed by atoms with Crippen molar-refractivity contribution in [3.8, 4) is 17.2 Å². The molecule has 2 rings (SSSR count). The van der Waals surface area contributed by atoms with E-state index in [1.165, 1.54) is 24.4 Å². The Labute approximate surface area is 121 Å². The van der Waals surface area contributed by atoms with Crippen LogP contribution in [-0.4, -0.2) is 29.4 Å². The van der Waals surface area contributed by atoms with E-state index in [2.05, 4.69) is 10.5 Å². The zero-order chi connectivity index (χ0) is 15.2. The van der Waals surface area contributed by atoms with Crippen molar-refractivity contribution in [2.75, 3.05) is 7.11 Å². The van der Waals surface area contributed by atoms with E-state index < -0.39 is 0 Å². The largest absolute Gasteiger partial charge is 0.508 e. The van der Waals surface area contributed by atoms with Crippen LogP contribution in [0, 0.1) is 0 Å². The molecule has 21 heavy (non-hydrogen) atoms. The van der Waals surface area contributed by atoms with Gasteiger partial charge in [0.2, 0.25) is 0 Å². The summed E-state index contributed by atoms with van der Waals surface area (Å²) in [7, 11) is 1.55. The zero-order valence-corrected chi connectivity index (χ0v) is 11.3. The van der Waals surface area contributed by atoms with Crippen molar-refractivity contribution >= 4 is 12.1 Å². The Hall–Kier alpha value is -3.02. The Bertz CT molecular complexity index is 666. The van der Waals surface area contributed by atoms with Gasteiger partial charge in [-0.2, -0.15) is 5.10 Å². The third-order valence-corrected chi connectivity index (χ3v) is 2.74. The summed E-state index contributed by atoms with van der Waals surface area (Å²) in [6.45, 7) is 0. The minimum atomic E-state index is -0.382. The van der Waals surface area contributed by atoms with Crippen LogP contribution < -0.4 is 10.2 Å². The Morgan fingerprint density at radius 1 is 1.19 bits per heavy atom. The molecule has 0 bridgehead atoms. The van der Waals surface area contributed by atoms with Gasteiger partial charge < -0.3 is 14.9 Å². The highest BCUT2D eigenvalue weighted by Crippen LogP contribution is 2.20. The molecule has 0 saturated carbocycles. The number of carbonyl (C=O) groups excluding carboxylic acids is 1. The molecule has 0 aliphatic heterocycles. The second-order valence-corrected chi connectivity index (χ2v) is 4.17. The molecule has 0 aliphatic rings. The average molecular weight is 286 g/mol. The monoisotopic (exact) mass is 286 g/mol. The zero-order valence-electron chi connectivity index (χ0n) is 11.3. The summed E-state index contributed by atoms with van der Waals surface area (Å²) in [6, 6.07) is 10.6.